The molecule has 2 N–H and O–H groups in total. The van der Waals surface area contributed by atoms with Crippen LogP contribution in [0.1, 0.15) is 12.8 Å². The summed E-state index contributed by atoms with van der Waals surface area (Å²) in [5.41, 5.74) is 5.31. The zero-order chi connectivity index (χ0) is 8.97. The maximum atomic E-state index is 11.1. The molecule has 1 heterocycles. The molecule has 1 saturated heterocycles. The van der Waals surface area contributed by atoms with Gasteiger partial charge in [0.25, 0.3) is 0 Å². The van der Waals surface area contributed by atoms with Gasteiger partial charge in [-0.05, 0) is 19.4 Å². The second kappa shape index (κ2) is 4.57. The molecule has 1 fully saturated rings. The number of hydrogen-bond acceptors (Lipinski definition) is 3. The van der Waals surface area contributed by atoms with Crippen LogP contribution in [-0.2, 0) is 15.6 Å². The smallest absolute Gasteiger partial charge is 0.236 e. The van der Waals surface area contributed by atoms with Crippen molar-refractivity contribution in [3.8, 4) is 0 Å². The quantitative estimate of drug-likeness (QED) is 0.595. The van der Waals surface area contributed by atoms with Gasteiger partial charge in [0, 0.05) is 6.54 Å². The molecule has 1 unspecified atom stereocenters. The minimum Gasteiger partial charge on any atom is -0.330 e. The number of carbonyl (C=O) groups is 1. The molecule has 5 heteroatoms. The summed E-state index contributed by atoms with van der Waals surface area (Å²) in [7, 11) is -0.943. The summed E-state index contributed by atoms with van der Waals surface area (Å²) < 4.78 is 10.9. The van der Waals surface area contributed by atoms with E-state index in [1.54, 1.807) is 4.90 Å². The molecular formula is C7H14N2O2S. The van der Waals surface area contributed by atoms with Gasteiger partial charge >= 0.3 is 0 Å². The Balaban J connectivity index is 2.24. The first kappa shape index (κ1) is 9.67. The first-order valence-corrected chi connectivity index (χ1v) is 5.55. The number of unbranched alkanes of at least 4 members (excludes halogenated alkanes) is 1. The van der Waals surface area contributed by atoms with Gasteiger partial charge in [-0.25, -0.2) is 0 Å². The fourth-order valence-electron chi connectivity index (χ4n) is 1.16. The number of amides is 1. The standard InChI is InChI=1S/C7H14N2O2S/c8-3-1-2-4-9-6-12(11)5-7(9)10/h1-6,8H2. The lowest BCUT2D eigenvalue weighted by molar-refractivity contribution is -0.126. The Kier molecular flexibility index (Phi) is 3.68. The van der Waals surface area contributed by atoms with Crippen LogP contribution in [0.5, 0.6) is 0 Å². The van der Waals surface area contributed by atoms with Crippen LogP contribution >= 0.6 is 0 Å². The molecule has 0 aromatic carbocycles. The number of nitrogens with zero attached hydrogens (tertiary/aromatic N) is 1. The van der Waals surface area contributed by atoms with E-state index in [1.807, 2.05) is 0 Å². The zero-order valence-corrected chi connectivity index (χ0v) is 7.81. The lowest BCUT2D eigenvalue weighted by atomic mass is 10.3. The summed E-state index contributed by atoms with van der Waals surface area (Å²) in [6.45, 7) is 1.37. The van der Waals surface area contributed by atoms with Crippen LogP contribution in [0.25, 0.3) is 0 Å². The van der Waals surface area contributed by atoms with Gasteiger partial charge < -0.3 is 10.6 Å². The number of nitrogens with two attached hydrogens (primary N) is 1. The highest BCUT2D eigenvalue weighted by molar-refractivity contribution is 7.86. The molecule has 1 aliphatic heterocycles. The van der Waals surface area contributed by atoms with E-state index in [-0.39, 0.29) is 11.7 Å². The number of carbonyl (C=O) groups excluding carboxylic acids is 1. The normalized spacial score (nSPS) is 23.6. The van der Waals surface area contributed by atoms with E-state index in [9.17, 15) is 9.00 Å². The Bertz CT molecular complexity index is 196. The monoisotopic (exact) mass is 190 g/mol. The van der Waals surface area contributed by atoms with Crippen molar-refractivity contribution in [2.24, 2.45) is 5.73 Å². The summed E-state index contributed by atoms with van der Waals surface area (Å²) in [5, 5.41) is 0. The van der Waals surface area contributed by atoms with Crippen molar-refractivity contribution in [1.29, 1.82) is 0 Å². The molecule has 1 aliphatic rings. The average Bonchev–Trinajstić information content (AvgIpc) is 2.31. The maximum absolute atomic E-state index is 11.1. The van der Waals surface area contributed by atoms with Crippen molar-refractivity contribution in [3.63, 3.8) is 0 Å². The van der Waals surface area contributed by atoms with Gasteiger partial charge in [-0.15, -0.1) is 0 Å². The Morgan fingerprint density at radius 2 is 2.25 bits per heavy atom. The van der Waals surface area contributed by atoms with Crippen LogP contribution in [0.15, 0.2) is 0 Å². The lowest BCUT2D eigenvalue weighted by Crippen LogP contribution is -2.27. The summed E-state index contributed by atoms with van der Waals surface area (Å²) in [6, 6.07) is 0. The average molecular weight is 190 g/mol. The Morgan fingerprint density at radius 3 is 2.75 bits per heavy atom. The van der Waals surface area contributed by atoms with E-state index in [0.29, 0.717) is 19.0 Å². The fraction of sp³-hybridized carbons (Fsp3) is 0.857. The van der Waals surface area contributed by atoms with Crippen LogP contribution in [0.2, 0.25) is 0 Å². The molecule has 70 valence electrons. The van der Waals surface area contributed by atoms with Crippen molar-refractivity contribution in [2.45, 2.75) is 12.8 Å². The van der Waals surface area contributed by atoms with E-state index < -0.39 is 10.8 Å². The molecule has 0 aromatic rings. The minimum absolute atomic E-state index is 0.0188. The molecule has 12 heavy (non-hydrogen) atoms. The number of hydrogen-bond donors (Lipinski definition) is 1. The van der Waals surface area contributed by atoms with Crippen molar-refractivity contribution in [1.82, 2.24) is 4.90 Å². The van der Waals surface area contributed by atoms with Gasteiger partial charge in [-0.2, -0.15) is 0 Å². The molecule has 0 radical (unpaired) electrons. The highest BCUT2D eigenvalue weighted by Gasteiger charge is 2.25. The predicted molar refractivity (Wildman–Crippen MR) is 47.9 cm³/mol. The van der Waals surface area contributed by atoms with Gasteiger partial charge in [-0.1, -0.05) is 0 Å². The van der Waals surface area contributed by atoms with Gasteiger partial charge in [-0.3, -0.25) is 9.00 Å². The topological polar surface area (TPSA) is 63.4 Å². The molecule has 1 rings (SSSR count). The van der Waals surface area contributed by atoms with Crippen LogP contribution in [-0.4, -0.2) is 39.7 Å². The zero-order valence-electron chi connectivity index (χ0n) is 6.99. The second-order valence-corrected chi connectivity index (χ2v) is 4.29. The van der Waals surface area contributed by atoms with Gasteiger partial charge in [0.05, 0.1) is 16.7 Å². The summed E-state index contributed by atoms with van der Waals surface area (Å²) in [6.07, 6.45) is 1.84. The predicted octanol–water partition coefficient (Wildman–Crippen LogP) is -0.726. The van der Waals surface area contributed by atoms with E-state index in [2.05, 4.69) is 0 Å². The van der Waals surface area contributed by atoms with Crippen LogP contribution in [0, 0.1) is 0 Å². The van der Waals surface area contributed by atoms with Crippen LogP contribution < -0.4 is 5.73 Å². The molecule has 1 atom stereocenters. The summed E-state index contributed by atoms with van der Waals surface area (Å²) in [5.74, 6) is 0.650. The van der Waals surface area contributed by atoms with E-state index in [1.165, 1.54) is 0 Å². The lowest BCUT2D eigenvalue weighted by Gasteiger charge is -2.12. The Hall–Kier alpha value is -0.420. The first-order chi connectivity index (χ1) is 5.74. The van der Waals surface area contributed by atoms with Gasteiger partial charge in [0.1, 0.15) is 5.75 Å². The maximum Gasteiger partial charge on any atom is 0.236 e. The SMILES string of the molecule is NCCCCN1CS(=O)CC1=O. The van der Waals surface area contributed by atoms with Gasteiger partial charge in [0.15, 0.2) is 0 Å². The first-order valence-electron chi connectivity index (χ1n) is 4.07. The number of rotatable bonds is 4. The molecule has 0 spiro atoms. The molecule has 0 bridgehead atoms. The molecule has 0 aromatic heterocycles. The Labute approximate surface area is 74.6 Å². The van der Waals surface area contributed by atoms with E-state index in [4.69, 9.17) is 5.73 Å². The third-order valence-electron chi connectivity index (χ3n) is 1.82. The highest BCUT2D eigenvalue weighted by atomic mass is 32.2. The second-order valence-electron chi connectivity index (χ2n) is 2.87. The third-order valence-corrected chi connectivity index (χ3v) is 2.99. The molecule has 0 saturated carbocycles. The van der Waals surface area contributed by atoms with Crippen molar-refractivity contribution in [3.05, 3.63) is 0 Å². The third kappa shape index (κ3) is 2.57. The summed E-state index contributed by atoms with van der Waals surface area (Å²) in [4.78, 5) is 12.7. The molecule has 4 nitrogen and oxygen atoms in total. The van der Waals surface area contributed by atoms with Crippen molar-refractivity contribution >= 4 is 16.7 Å². The largest absolute Gasteiger partial charge is 0.330 e. The van der Waals surface area contributed by atoms with Crippen molar-refractivity contribution in [2.75, 3.05) is 24.7 Å². The van der Waals surface area contributed by atoms with Gasteiger partial charge in [0.2, 0.25) is 5.91 Å². The highest BCUT2D eigenvalue weighted by Crippen LogP contribution is 2.05. The summed E-state index contributed by atoms with van der Waals surface area (Å²) >= 11 is 0. The molecule has 1 amide bonds. The minimum atomic E-state index is -0.943. The Morgan fingerprint density at radius 1 is 1.50 bits per heavy atom. The van der Waals surface area contributed by atoms with E-state index in [0.717, 1.165) is 12.8 Å². The molecular weight excluding hydrogens is 176 g/mol. The van der Waals surface area contributed by atoms with Crippen molar-refractivity contribution < 1.29 is 9.00 Å². The fourth-order valence-corrected chi connectivity index (χ4v) is 2.33. The van der Waals surface area contributed by atoms with Crippen LogP contribution in [0.3, 0.4) is 0 Å². The van der Waals surface area contributed by atoms with E-state index >= 15 is 0 Å². The van der Waals surface area contributed by atoms with Crippen LogP contribution in [0.4, 0.5) is 0 Å². The molecule has 0 aliphatic carbocycles.